The van der Waals surface area contributed by atoms with Gasteiger partial charge in [-0.15, -0.1) is 0 Å². The lowest BCUT2D eigenvalue weighted by Gasteiger charge is -2.18. The summed E-state index contributed by atoms with van der Waals surface area (Å²) >= 11 is 0. The van der Waals surface area contributed by atoms with Gasteiger partial charge in [-0.2, -0.15) is 0 Å². The number of esters is 1. The van der Waals surface area contributed by atoms with Gasteiger partial charge in [0.2, 0.25) is 0 Å². The molecule has 0 aliphatic heterocycles. The Hall–Kier alpha value is -1.42. The molecular weight excluding hydrogens is 228 g/mol. The van der Waals surface area contributed by atoms with E-state index in [9.17, 15) is 4.79 Å². The zero-order chi connectivity index (χ0) is 13.4. The molecule has 0 saturated carbocycles. The van der Waals surface area contributed by atoms with E-state index in [1.54, 1.807) is 6.20 Å². The maximum atomic E-state index is 11.5. The first kappa shape index (κ1) is 14.6. The van der Waals surface area contributed by atoms with Crippen LogP contribution in [0.2, 0.25) is 0 Å². The molecule has 1 atom stereocenters. The van der Waals surface area contributed by atoms with Gasteiger partial charge in [-0.3, -0.25) is 9.78 Å². The molecule has 18 heavy (non-hydrogen) atoms. The molecule has 1 aromatic rings. The Kier molecular flexibility index (Phi) is 6.36. The highest BCUT2D eigenvalue weighted by atomic mass is 16.5. The number of nitrogens with zero attached hydrogens (tertiary/aromatic N) is 1. The Morgan fingerprint density at radius 2 is 2.28 bits per heavy atom. The van der Waals surface area contributed by atoms with Gasteiger partial charge >= 0.3 is 5.97 Å². The second-order valence-electron chi connectivity index (χ2n) is 4.69. The molecule has 1 aromatic heterocycles. The van der Waals surface area contributed by atoms with E-state index in [1.165, 1.54) is 12.7 Å². The standard InChI is InChI=1S/C14H22N2O2/c1-11(2)13(14(17)18-3)10-16-8-6-12-5-4-7-15-9-12/h4-5,7,9,11,13,16H,6,8,10H2,1-3H3. The molecule has 0 fully saturated rings. The SMILES string of the molecule is COC(=O)C(CNCCc1cccnc1)C(C)C. The van der Waals surface area contributed by atoms with Crippen molar-refractivity contribution in [2.24, 2.45) is 11.8 Å². The number of aromatic nitrogens is 1. The molecule has 0 amide bonds. The second kappa shape index (κ2) is 7.82. The van der Waals surface area contributed by atoms with E-state index in [4.69, 9.17) is 4.74 Å². The summed E-state index contributed by atoms with van der Waals surface area (Å²) in [5, 5.41) is 3.30. The Bertz CT molecular complexity index is 352. The molecule has 1 N–H and O–H groups in total. The van der Waals surface area contributed by atoms with E-state index in [2.05, 4.69) is 16.4 Å². The second-order valence-corrected chi connectivity index (χ2v) is 4.69. The molecule has 1 heterocycles. The monoisotopic (exact) mass is 250 g/mol. The molecule has 0 aliphatic rings. The first-order valence-electron chi connectivity index (χ1n) is 6.32. The van der Waals surface area contributed by atoms with Crippen molar-refractivity contribution in [1.29, 1.82) is 0 Å². The molecule has 1 unspecified atom stereocenters. The van der Waals surface area contributed by atoms with Crippen LogP contribution in [0.25, 0.3) is 0 Å². The van der Waals surface area contributed by atoms with Gasteiger partial charge in [0.15, 0.2) is 0 Å². The summed E-state index contributed by atoms with van der Waals surface area (Å²) < 4.78 is 4.80. The van der Waals surface area contributed by atoms with Gasteiger partial charge < -0.3 is 10.1 Å². The summed E-state index contributed by atoms with van der Waals surface area (Å²) in [7, 11) is 1.44. The number of hydrogen-bond donors (Lipinski definition) is 1. The van der Waals surface area contributed by atoms with Crippen LogP contribution in [0.1, 0.15) is 19.4 Å². The molecule has 0 bridgehead atoms. The Morgan fingerprint density at radius 3 is 2.83 bits per heavy atom. The third kappa shape index (κ3) is 4.84. The molecule has 1 rings (SSSR count). The van der Waals surface area contributed by atoms with Crippen LogP contribution in [0.15, 0.2) is 24.5 Å². The first-order valence-corrected chi connectivity index (χ1v) is 6.32. The van der Waals surface area contributed by atoms with Crippen LogP contribution in [0, 0.1) is 11.8 Å². The summed E-state index contributed by atoms with van der Waals surface area (Å²) in [4.78, 5) is 15.6. The molecule has 100 valence electrons. The molecular formula is C14H22N2O2. The topological polar surface area (TPSA) is 51.2 Å². The summed E-state index contributed by atoms with van der Waals surface area (Å²) in [6, 6.07) is 3.98. The van der Waals surface area contributed by atoms with Gasteiger partial charge in [0.25, 0.3) is 0 Å². The number of hydrogen-bond acceptors (Lipinski definition) is 4. The lowest BCUT2D eigenvalue weighted by atomic mass is 9.96. The van der Waals surface area contributed by atoms with E-state index in [0.29, 0.717) is 6.54 Å². The Balaban J connectivity index is 2.29. The smallest absolute Gasteiger partial charge is 0.310 e. The number of ether oxygens (including phenoxy) is 1. The predicted octanol–water partition coefficient (Wildman–Crippen LogP) is 1.66. The highest BCUT2D eigenvalue weighted by molar-refractivity contribution is 5.72. The quantitative estimate of drug-likeness (QED) is 0.590. The van der Waals surface area contributed by atoms with Crippen molar-refractivity contribution in [2.75, 3.05) is 20.2 Å². The van der Waals surface area contributed by atoms with E-state index >= 15 is 0 Å². The minimum absolute atomic E-state index is 0.0797. The zero-order valence-corrected chi connectivity index (χ0v) is 11.3. The van der Waals surface area contributed by atoms with Crippen molar-refractivity contribution in [2.45, 2.75) is 20.3 Å². The highest BCUT2D eigenvalue weighted by Gasteiger charge is 2.22. The highest BCUT2D eigenvalue weighted by Crippen LogP contribution is 2.11. The minimum Gasteiger partial charge on any atom is -0.469 e. The molecule has 4 heteroatoms. The number of methoxy groups -OCH3 is 1. The van der Waals surface area contributed by atoms with E-state index in [0.717, 1.165) is 13.0 Å². The van der Waals surface area contributed by atoms with Crippen LogP contribution < -0.4 is 5.32 Å². The normalized spacial score (nSPS) is 12.4. The van der Waals surface area contributed by atoms with Crippen LogP contribution in [-0.2, 0) is 16.0 Å². The summed E-state index contributed by atoms with van der Waals surface area (Å²) in [6.07, 6.45) is 4.55. The van der Waals surface area contributed by atoms with Crippen LogP contribution in [0.3, 0.4) is 0 Å². The van der Waals surface area contributed by atoms with Gasteiger partial charge in [0, 0.05) is 18.9 Å². The van der Waals surface area contributed by atoms with E-state index in [-0.39, 0.29) is 17.8 Å². The van der Waals surface area contributed by atoms with Crippen molar-refractivity contribution < 1.29 is 9.53 Å². The van der Waals surface area contributed by atoms with Crippen molar-refractivity contribution in [3.8, 4) is 0 Å². The summed E-state index contributed by atoms with van der Waals surface area (Å²) in [6.45, 7) is 5.56. The average Bonchev–Trinajstić information content (AvgIpc) is 2.38. The van der Waals surface area contributed by atoms with Crippen LogP contribution in [0.4, 0.5) is 0 Å². The molecule has 0 aliphatic carbocycles. The van der Waals surface area contributed by atoms with E-state index in [1.807, 2.05) is 26.1 Å². The van der Waals surface area contributed by atoms with Crippen molar-refractivity contribution in [3.63, 3.8) is 0 Å². The Morgan fingerprint density at radius 1 is 1.50 bits per heavy atom. The van der Waals surface area contributed by atoms with Gasteiger partial charge in [-0.1, -0.05) is 19.9 Å². The summed E-state index contributed by atoms with van der Waals surface area (Å²) in [5.41, 5.74) is 1.20. The van der Waals surface area contributed by atoms with Crippen LogP contribution in [-0.4, -0.2) is 31.2 Å². The average molecular weight is 250 g/mol. The number of nitrogens with one attached hydrogen (secondary N) is 1. The fourth-order valence-electron chi connectivity index (χ4n) is 1.78. The lowest BCUT2D eigenvalue weighted by Crippen LogP contribution is -2.33. The number of carbonyl (C=O) groups excluding carboxylic acids is 1. The zero-order valence-electron chi connectivity index (χ0n) is 11.3. The first-order chi connectivity index (χ1) is 8.65. The maximum absolute atomic E-state index is 11.5. The molecule has 0 spiro atoms. The van der Waals surface area contributed by atoms with Crippen LogP contribution >= 0.6 is 0 Å². The largest absolute Gasteiger partial charge is 0.469 e. The molecule has 4 nitrogen and oxygen atoms in total. The van der Waals surface area contributed by atoms with Crippen LogP contribution in [0.5, 0.6) is 0 Å². The van der Waals surface area contributed by atoms with Gasteiger partial charge in [0.05, 0.1) is 13.0 Å². The number of rotatable bonds is 7. The minimum atomic E-state index is -0.140. The molecule has 0 radical (unpaired) electrons. The molecule has 0 saturated heterocycles. The molecule has 0 aromatic carbocycles. The predicted molar refractivity (Wildman–Crippen MR) is 71.2 cm³/mol. The van der Waals surface area contributed by atoms with E-state index < -0.39 is 0 Å². The fraction of sp³-hybridized carbons (Fsp3) is 0.571. The number of carbonyl (C=O) groups is 1. The summed E-state index contributed by atoms with van der Waals surface area (Å²) in [5.74, 6) is 0.0612. The Labute approximate surface area is 109 Å². The van der Waals surface area contributed by atoms with Gasteiger partial charge in [0.1, 0.15) is 0 Å². The van der Waals surface area contributed by atoms with Crippen molar-refractivity contribution in [1.82, 2.24) is 10.3 Å². The van der Waals surface area contributed by atoms with Gasteiger partial charge in [-0.25, -0.2) is 0 Å². The maximum Gasteiger partial charge on any atom is 0.310 e. The van der Waals surface area contributed by atoms with Crippen molar-refractivity contribution in [3.05, 3.63) is 30.1 Å². The fourth-order valence-corrected chi connectivity index (χ4v) is 1.78. The lowest BCUT2D eigenvalue weighted by molar-refractivity contribution is -0.146. The number of pyridine rings is 1. The third-order valence-electron chi connectivity index (χ3n) is 2.99. The third-order valence-corrected chi connectivity index (χ3v) is 2.99. The van der Waals surface area contributed by atoms with Crippen molar-refractivity contribution >= 4 is 5.97 Å². The van der Waals surface area contributed by atoms with Gasteiger partial charge in [-0.05, 0) is 30.5 Å².